The van der Waals surface area contributed by atoms with Gasteiger partial charge in [-0.3, -0.25) is 5.41 Å². The van der Waals surface area contributed by atoms with Crippen molar-refractivity contribution in [3.63, 3.8) is 0 Å². The lowest BCUT2D eigenvalue weighted by molar-refractivity contribution is 0.191. The molecule has 5 N–H and O–H groups in total. The molecule has 1 aromatic heterocycles. The van der Waals surface area contributed by atoms with Crippen LogP contribution in [0.3, 0.4) is 0 Å². The molecule has 0 aliphatic carbocycles. The van der Waals surface area contributed by atoms with E-state index in [-0.39, 0.29) is 11.9 Å². The first-order valence-electron chi connectivity index (χ1n) is 4.38. The van der Waals surface area contributed by atoms with Crippen molar-refractivity contribution in [2.75, 3.05) is 0 Å². The fraction of sp³-hybridized carbons (Fsp3) is 0.333. The van der Waals surface area contributed by atoms with Crippen molar-refractivity contribution in [1.82, 2.24) is 5.32 Å². The van der Waals surface area contributed by atoms with E-state index in [1.807, 2.05) is 11.4 Å². The van der Waals surface area contributed by atoms with E-state index in [0.717, 1.165) is 10.4 Å². The molecule has 0 bridgehead atoms. The van der Waals surface area contributed by atoms with E-state index in [2.05, 4.69) is 5.32 Å². The maximum absolute atomic E-state index is 10.4. The fourth-order valence-corrected chi connectivity index (χ4v) is 2.11. The summed E-state index contributed by atoms with van der Waals surface area (Å²) in [6, 6.07) is 1.64. The number of nitrogens with two attached hydrogens (primary N) is 1. The largest absolute Gasteiger partial charge is 0.465 e. The van der Waals surface area contributed by atoms with Gasteiger partial charge in [0.2, 0.25) is 0 Å². The molecule has 0 unspecified atom stereocenters. The monoisotopic (exact) mass is 227 g/mol. The summed E-state index contributed by atoms with van der Waals surface area (Å²) in [7, 11) is 0. The number of carboxylic acid groups (broad SMARTS) is 1. The van der Waals surface area contributed by atoms with Crippen molar-refractivity contribution < 1.29 is 9.90 Å². The summed E-state index contributed by atoms with van der Waals surface area (Å²) in [5.41, 5.74) is 6.21. The second kappa shape index (κ2) is 4.79. The molecule has 1 amide bonds. The van der Waals surface area contributed by atoms with Gasteiger partial charge < -0.3 is 16.2 Å². The van der Waals surface area contributed by atoms with Crippen LogP contribution in [0.5, 0.6) is 0 Å². The predicted molar refractivity (Wildman–Crippen MR) is 59.5 cm³/mol. The molecule has 5 nitrogen and oxygen atoms in total. The van der Waals surface area contributed by atoms with Gasteiger partial charge >= 0.3 is 6.09 Å². The Hall–Kier alpha value is -1.56. The smallest absolute Gasteiger partial charge is 0.405 e. The van der Waals surface area contributed by atoms with Crippen LogP contribution in [0.1, 0.15) is 23.4 Å². The molecular formula is C9H13N3O2S. The number of hydrogen-bond acceptors (Lipinski definition) is 3. The zero-order valence-corrected chi connectivity index (χ0v) is 9.10. The Morgan fingerprint density at radius 1 is 1.80 bits per heavy atom. The molecule has 0 spiro atoms. The minimum Gasteiger partial charge on any atom is -0.465 e. The number of nitrogens with one attached hydrogen (secondary N) is 2. The zero-order chi connectivity index (χ0) is 11.4. The van der Waals surface area contributed by atoms with E-state index in [1.54, 1.807) is 6.92 Å². The zero-order valence-electron chi connectivity index (χ0n) is 8.28. The third-order valence-electron chi connectivity index (χ3n) is 1.84. The topological polar surface area (TPSA) is 99.2 Å². The van der Waals surface area contributed by atoms with Crippen molar-refractivity contribution in [2.24, 2.45) is 5.73 Å². The average Bonchev–Trinajstić information content (AvgIpc) is 2.50. The van der Waals surface area contributed by atoms with E-state index >= 15 is 0 Å². The highest BCUT2D eigenvalue weighted by Gasteiger charge is 2.10. The van der Waals surface area contributed by atoms with Crippen LogP contribution in [0, 0.1) is 5.41 Å². The molecule has 0 saturated carbocycles. The molecule has 0 saturated heterocycles. The van der Waals surface area contributed by atoms with Crippen LogP contribution in [-0.2, 0) is 6.42 Å². The predicted octanol–water partition coefficient (Wildman–Crippen LogP) is 1.56. The highest BCUT2D eigenvalue weighted by molar-refractivity contribution is 7.10. The molecule has 0 radical (unpaired) electrons. The lowest BCUT2D eigenvalue weighted by Gasteiger charge is -2.07. The molecular weight excluding hydrogens is 214 g/mol. The SMILES string of the molecule is C[C@@H](NC(=O)O)c1cc(CC(=N)N)cs1. The summed E-state index contributed by atoms with van der Waals surface area (Å²) in [6.07, 6.45) is -0.625. The highest BCUT2D eigenvalue weighted by atomic mass is 32.1. The maximum Gasteiger partial charge on any atom is 0.405 e. The standard InChI is InChI=1S/C9H13N3O2S/c1-5(12-9(13)14)7-2-6(4-15-7)3-8(10)11/h2,4-5,12H,3H2,1H3,(H3,10,11)(H,13,14)/t5-/m1/s1. The van der Waals surface area contributed by atoms with Crippen molar-refractivity contribution in [2.45, 2.75) is 19.4 Å². The van der Waals surface area contributed by atoms with Crippen molar-refractivity contribution in [3.05, 3.63) is 21.9 Å². The third kappa shape index (κ3) is 3.59. The quantitative estimate of drug-likeness (QED) is 0.464. The fourth-order valence-electron chi connectivity index (χ4n) is 1.19. The molecule has 1 heterocycles. The molecule has 0 fully saturated rings. The Bertz CT molecular complexity index is 375. The van der Waals surface area contributed by atoms with E-state index in [9.17, 15) is 4.79 Å². The van der Waals surface area contributed by atoms with Gasteiger partial charge in [0.05, 0.1) is 11.9 Å². The summed E-state index contributed by atoms with van der Waals surface area (Å²) >= 11 is 1.46. The molecule has 6 heteroatoms. The lowest BCUT2D eigenvalue weighted by Crippen LogP contribution is -2.23. The summed E-state index contributed by atoms with van der Waals surface area (Å²) in [6.45, 7) is 1.78. The number of amidine groups is 1. The summed E-state index contributed by atoms with van der Waals surface area (Å²) < 4.78 is 0. The Kier molecular flexibility index (Phi) is 3.68. The summed E-state index contributed by atoms with van der Waals surface area (Å²) in [5.74, 6) is 0.109. The van der Waals surface area contributed by atoms with Crippen LogP contribution in [0.15, 0.2) is 11.4 Å². The first-order valence-corrected chi connectivity index (χ1v) is 5.26. The van der Waals surface area contributed by atoms with Crippen LogP contribution < -0.4 is 11.1 Å². The van der Waals surface area contributed by atoms with Gasteiger partial charge in [-0.15, -0.1) is 11.3 Å². The van der Waals surface area contributed by atoms with Gasteiger partial charge in [-0.25, -0.2) is 4.79 Å². The summed E-state index contributed by atoms with van der Waals surface area (Å²) in [4.78, 5) is 11.3. The third-order valence-corrected chi connectivity index (χ3v) is 3.00. The lowest BCUT2D eigenvalue weighted by atomic mass is 10.2. The molecule has 1 aromatic rings. The van der Waals surface area contributed by atoms with E-state index in [0.29, 0.717) is 6.42 Å². The Morgan fingerprint density at radius 2 is 2.47 bits per heavy atom. The number of amides is 1. The number of hydrogen-bond donors (Lipinski definition) is 4. The molecule has 1 atom stereocenters. The Morgan fingerprint density at radius 3 is 3.00 bits per heavy atom. The van der Waals surface area contributed by atoms with E-state index < -0.39 is 6.09 Å². The molecule has 0 aliphatic rings. The first-order chi connectivity index (χ1) is 6.99. The minimum atomic E-state index is -1.04. The molecule has 1 rings (SSSR count). The highest BCUT2D eigenvalue weighted by Crippen LogP contribution is 2.22. The van der Waals surface area contributed by atoms with Gasteiger partial charge in [0.25, 0.3) is 0 Å². The maximum atomic E-state index is 10.4. The molecule has 82 valence electrons. The molecule has 15 heavy (non-hydrogen) atoms. The second-order valence-electron chi connectivity index (χ2n) is 3.23. The van der Waals surface area contributed by atoms with E-state index in [1.165, 1.54) is 11.3 Å². The van der Waals surface area contributed by atoms with Crippen LogP contribution in [0.2, 0.25) is 0 Å². The molecule has 0 aromatic carbocycles. The Labute approximate surface area is 91.4 Å². The summed E-state index contributed by atoms with van der Waals surface area (Å²) in [5, 5.41) is 19.9. The van der Waals surface area contributed by atoms with Gasteiger partial charge in [-0.2, -0.15) is 0 Å². The van der Waals surface area contributed by atoms with Gasteiger partial charge in [-0.1, -0.05) is 0 Å². The average molecular weight is 227 g/mol. The van der Waals surface area contributed by atoms with Crippen LogP contribution in [0.25, 0.3) is 0 Å². The van der Waals surface area contributed by atoms with Gasteiger partial charge in [0.1, 0.15) is 0 Å². The van der Waals surface area contributed by atoms with Gasteiger partial charge in [0.15, 0.2) is 0 Å². The van der Waals surface area contributed by atoms with Crippen molar-refractivity contribution >= 4 is 23.3 Å². The number of carbonyl (C=O) groups is 1. The second-order valence-corrected chi connectivity index (χ2v) is 4.17. The van der Waals surface area contributed by atoms with Gasteiger partial charge in [-0.05, 0) is 23.9 Å². The molecule has 0 aliphatic heterocycles. The van der Waals surface area contributed by atoms with Gasteiger partial charge in [0, 0.05) is 11.3 Å². The number of rotatable bonds is 4. The van der Waals surface area contributed by atoms with Crippen LogP contribution in [-0.4, -0.2) is 17.0 Å². The Balaban J connectivity index is 2.66. The van der Waals surface area contributed by atoms with Crippen LogP contribution in [0.4, 0.5) is 4.79 Å². The van der Waals surface area contributed by atoms with Crippen molar-refractivity contribution in [3.8, 4) is 0 Å². The first kappa shape index (κ1) is 11.5. The number of thiophene rings is 1. The minimum absolute atomic E-state index is 0.109. The van der Waals surface area contributed by atoms with Crippen LogP contribution >= 0.6 is 11.3 Å². The van der Waals surface area contributed by atoms with Crippen molar-refractivity contribution in [1.29, 1.82) is 5.41 Å². The normalized spacial score (nSPS) is 12.1. The van der Waals surface area contributed by atoms with E-state index in [4.69, 9.17) is 16.2 Å².